The summed E-state index contributed by atoms with van der Waals surface area (Å²) in [6, 6.07) is 9.17. The van der Waals surface area contributed by atoms with Gasteiger partial charge >= 0.3 is 0 Å². The molecule has 0 fully saturated rings. The molecule has 0 aliphatic carbocycles. The lowest BCUT2D eigenvalue weighted by Gasteiger charge is -2.19. The van der Waals surface area contributed by atoms with Crippen molar-refractivity contribution in [3.8, 4) is 0 Å². The van der Waals surface area contributed by atoms with Gasteiger partial charge in [-0.05, 0) is 42.2 Å². The maximum absolute atomic E-state index is 14.3. The van der Waals surface area contributed by atoms with E-state index >= 15 is 0 Å². The Morgan fingerprint density at radius 2 is 1.79 bits per heavy atom. The van der Waals surface area contributed by atoms with E-state index in [2.05, 4.69) is 5.32 Å². The van der Waals surface area contributed by atoms with E-state index in [4.69, 9.17) is 0 Å². The quantitative estimate of drug-likeness (QED) is 0.734. The Labute approximate surface area is 166 Å². The van der Waals surface area contributed by atoms with E-state index in [-0.39, 0.29) is 24.6 Å². The molecule has 2 rings (SSSR count). The van der Waals surface area contributed by atoms with E-state index in [9.17, 15) is 17.6 Å². The van der Waals surface area contributed by atoms with Crippen molar-refractivity contribution in [1.29, 1.82) is 0 Å². The molecule has 1 amide bonds. The molecule has 0 spiro atoms. The lowest BCUT2D eigenvalue weighted by Crippen LogP contribution is -2.31. The first kappa shape index (κ1) is 22.0. The molecule has 0 heterocycles. The first-order chi connectivity index (χ1) is 13.1. The Kier molecular flexibility index (Phi) is 6.96. The third-order valence-corrected chi connectivity index (χ3v) is 6.75. The summed E-state index contributed by atoms with van der Waals surface area (Å²) in [6.07, 6.45) is 0. The summed E-state index contributed by atoms with van der Waals surface area (Å²) >= 11 is 0. The highest BCUT2D eigenvalue weighted by atomic mass is 32.2. The van der Waals surface area contributed by atoms with Gasteiger partial charge in [-0.25, -0.2) is 12.8 Å². The second kappa shape index (κ2) is 8.84. The third kappa shape index (κ3) is 4.42. The van der Waals surface area contributed by atoms with Crippen molar-refractivity contribution >= 4 is 21.6 Å². The fourth-order valence-corrected chi connectivity index (χ4v) is 4.62. The molecule has 0 radical (unpaired) electrons. The van der Waals surface area contributed by atoms with E-state index in [0.29, 0.717) is 5.69 Å². The van der Waals surface area contributed by atoms with Crippen LogP contribution in [0.2, 0.25) is 0 Å². The number of carbonyl (C=O) groups is 1. The van der Waals surface area contributed by atoms with Crippen LogP contribution in [0, 0.1) is 12.7 Å². The zero-order valence-corrected chi connectivity index (χ0v) is 17.7. The lowest BCUT2D eigenvalue weighted by molar-refractivity contribution is 0.102. The van der Waals surface area contributed by atoms with Gasteiger partial charge in [0.25, 0.3) is 5.91 Å². The summed E-state index contributed by atoms with van der Waals surface area (Å²) in [7, 11) is -4.01. The zero-order valence-electron chi connectivity index (χ0n) is 16.9. The number of nitrogens with zero attached hydrogens (tertiary/aromatic N) is 1. The Morgan fingerprint density at radius 3 is 2.36 bits per heavy atom. The van der Waals surface area contributed by atoms with E-state index in [1.54, 1.807) is 13.8 Å². The minimum Gasteiger partial charge on any atom is -0.321 e. The smallest absolute Gasteiger partial charge is 0.255 e. The van der Waals surface area contributed by atoms with E-state index in [1.165, 1.54) is 6.07 Å². The summed E-state index contributed by atoms with van der Waals surface area (Å²) in [5.74, 6) is -1.16. The molecule has 0 saturated carbocycles. The molecular weight excluding hydrogens is 379 g/mol. The van der Waals surface area contributed by atoms with Crippen molar-refractivity contribution in [3.05, 3.63) is 58.9 Å². The number of para-hydroxylation sites is 1. The van der Waals surface area contributed by atoms with Crippen LogP contribution in [0.3, 0.4) is 0 Å². The molecule has 5 nitrogen and oxygen atoms in total. The van der Waals surface area contributed by atoms with Gasteiger partial charge < -0.3 is 5.32 Å². The maximum Gasteiger partial charge on any atom is 0.255 e. The summed E-state index contributed by atoms with van der Waals surface area (Å²) in [4.78, 5) is 12.3. The number of hydrogen-bond donors (Lipinski definition) is 1. The molecule has 0 aliphatic rings. The summed E-state index contributed by atoms with van der Waals surface area (Å²) in [5.41, 5.74) is 2.66. The van der Waals surface area contributed by atoms with Gasteiger partial charge in [0.2, 0.25) is 10.0 Å². The van der Waals surface area contributed by atoms with E-state index in [1.807, 2.05) is 39.0 Å². The van der Waals surface area contributed by atoms with Crippen LogP contribution in [-0.2, 0) is 10.0 Å². The van der Waals surface area contributed by atoms with Crippen LogP contribution in [0.1, 0.15) is 55.1 Å². The lowest BCUT2D eigenvalue weighted by atomic mass is 9.98. The van der Waals surface area contributed by atoms with E-state index in [0.717, 1.165) is 27.6 Å². The predicted octanol–water partition coefficient (Wildman–Crippen LogP) is 4.54. The minimum atomic E-state index is -4.01. The van der Waals surface area contributed by atoms with Gasteiger partial charge in [-0.2, -0.15) is 4.31 Å². The molecule has 0 bridgehead atoms. The molecule has 1 N–H and O–H groups in total. The normalized spacial score (nSPS) is 11.9. The first-order valence-corrected chi connectivity index (χ1v) is 10.8. The highest BCUT2D eigenvalue weighted by Crippen LogP contribution is 2.28. The fourth-order valence-electron chi connectivity index (χ4n) is 3.07. The van der Waals surface area contributed by atoms with E-state index < -0.39 is 26.6 Å². The summed E-state index contributed by atoms with van der Waals surface area (Å²) < 4.78 is 40.8. The Bertz CT molecular complexity index is 968. The summed E-state index contributed by atoms with van der Waals surface area (Å²) in [6.45, 7) is 9.74. The standard InChI is InChI=1S/C21H27FN2O3S/c1-6-24(7-2)28(26,27)19-13-16(11-12-18(19)22)21(25)23-20-15(5)9-8-10-17(20)14(3)4/h8-14H,6-7H2,1-5H3,(H,23,25). The molecular formula is C21H27FN2O3S. The van der Waals surface area contributed by atoms with Gasteiger partial charge in [0.1, 0.15) is 10.7 Å². The highest BCUT2D eigenvalue weighted by molar-refractivity contribution is 7.89. The molecule has 0 unspecified atom stereocenters. The van der Waals surface area contributed by atoms with Crippen molar-refractivity contribution in [2.45, 2.75) is 45.4 Å². The maximum atomic E-state index is 14.3. The average Bonchev–Trinajstić information content (AvgIpc) is 2.64. The Balaban J connectivity index is 2.45. The van der Waals surface area contributed by atoms with Crippen molar-refractivity contribution in [1.82, 2.24) is 4.31 Å². The van der Waals surface area contributed by atoms with Crippen molar-refractivity contribution in [2.75, 3.05) is 18.4 Å². The third-order valence-electron chi connectivity index (χ3n) is 4.68. The van der Waals surface area contributed by atoms with Crippen LogP contribution in [0.5, 0.6) is 0 Å². The molecule has 152 valence electrons. The first-order valence-electron chi connectivity index (χ1n) is 9.34. The molecule has 0 atom stereocenters. The van der Waals surface area contributed by atoms with Gasteiger partial charge in [0.15, 0.2) is 0 Å². The number of halogens is 1. The molecule has 0 aliphatic heterocycles. The highest BCUT2D eigenvalue weighted by Gasteiger charge is 2.26. The minimum absolute atomic E-state index is 0.0880. The number of rotatable bonds is 7. The van der Waals surface area contributed by atoms with Gasteiger partial charge in [0, 0.05) is 24.3 Å². The van der Waals surface area contributed by atoms with Gasteiger partial charge in [0.05, 0.1) is 0 Å². The van der Waals surface area contributed by atoms with Gasteiger partial charge in [-0.15, -0.1) is 0 Å². The number of benzene rings is 2. The van der Waals surface area contributed by atoms with Crippen molar-refractivity contribution < 1.29 is 17.6 Å². The zero-order chi connectivity index (χ0) is 21.1. The molecule has 2 aromatic rings. The fraction of sp³-hybridized carbons (Fsp3) is 0.381. The van der Waals surface area contributed by atoms with Crippen LogP contribution in [-0.4, -0.2) is 31.7 Å². The number of nitrogens with one attached hydrogen (secondary N) is 1. The Morgan fingerprint density at radius 1 is 1.14 bits per heavy atom. The molecule has 0 saturated heterocycles. The van der Waals surface area contributed by atoms with Crippen LogP contribution in [0.15, 0.2) is 41.3 Å². The number of sulfonamides is 1. The molecule has 0 aromatic heterocycles. The van der Waals surface area contributed by atoms with Gasteiger partial charge in [-0.3, -0.25) is 4.79 Å². The largest absolute Gasteiger partial charge is 0.321 e. The SMILES string of the molecule is CCN(CC)S(=O)(=O)c1cc(C(=O)Nc2c(C)cccc2C(C)C)ccc1F. The van der Waals surface area contributed by atoms with Crippen LogP contribution >= 0.6 is 0 Å². The molecule has 2 aromatic carbocycles. The van der Waals surface area contributed by atoms with Crippen LogP contribution < -0.4 is 5.32 Å². The second-order valence-electron chi connectivity index (χ2n) is 6.88. The van der Waals surface area contributed by atoms with Gasteiger partial charge in [-0.1, -0.05) is 45.9 Å². The average molecular weight is 407 g/mol. The number of carbonyl (C=O) groups excluding carboxylic acids is 1. The second-order valence-corrected chi connectivity index (χ2v) is 8.79. The van der Waals surface area contributed by atoms with Crippen molar-refractivity contribution in [2.24, 2.45) is 0 Å². The number of aryl methyl sites for hydroxylation is 1. The predicted molar refractivity (Wildman–Crippen MR) is 110 cm³/mol. The van der Waals surface area contributed by atoms with Crippen molar-refractivity contribution in [3.63, 3.8) is 0 Å². The topological polar surface area (TPSA) is 66.5 Å². The van der Waals surface area contributed by atoms with Crippen LogP contribution in [0.4, 0.5) is 10.1 Å². The number of hydrogen-bond acceptors (Lipinski definition) is 3. The summed E-state index contributed by atoms with van der Waals surface area (Å²) in [5, 5.41) is 2.86. The number of anilines is 1. The number of amides is 1. The molecule has 7 heteroatoms. The molecule has 28 heavy (non-hydrogen) atoms. The van der Waals surface area contributed by atoms with Crippen LogP contribution in [0.25, 0.3) is 0 Å². The Hall–Kier alpha value is -2.25. The monoisotopic (exact) mass is 406 g/mol.